The van der Waals surface area contributed by atoms with Gasteiger partial charge in [-0.2, -0.15) is 0 Å². The van der Waals surface area contributed by atoms with Gasteiger partial charge in [0.15, 0.2) is 0 Å². The van der Waals surface area contributed by atoms with Crippen LogP contribution in [0, 0.1) is 11.8 Å². The molecule has 0 amide bonds. The summed E-state index contributed by atoms with van der Waals surface area (Å²) in [5.74, 6) is 1.88. The summed E-state index contributed by atoms with van der Waals surface area (Å²) in [6.45, 7) is 5.54. The molecule has 100 valence electrons. The van der Waals surface area contributed by atoms with Crippen molar-refractivity contribution in [1.82, 2.24) is 15.2 Å². The van der Waals surface area contributed by atoms with E-state index in [0.29, 0.717) is 0 Å². The molecule has 1 aromatic heterocycles. The Morgan fingerprint density at radius 1 is 1.50 bits per heavy atom. The second kappa shape index (κ2) is 5.27. The molecule has 0 spiro atoms. The van der Waals surface area contributed by atoms with Crippen molar-refractivity contribution in [3.63, 3.8) is 0 Å². The second-order valence-electron chi connectivity index (χ2n) is 6.06. The molecule has 2 aliphatic carbocycles. The van der Waals surface area contributed by atoms with Gasteiger partial charge in [0.25, 0.3) is 0 Å². The third-order valence-electron chi connectivity index (χ3n) is 3.97. The van der Waals surface area contributed by atoms with Gasteiger partial charge in [-0.05, 0) is 38.1 Å². The molecule has 4 heteroatoms. The number of nitrogens with zero attached hydrogens (tertiary/aromatic N) is 2. The fourth-order valence-corrected chi connectivity index (χ4v) is 3.15. The number of nitrogens with one attached hydrogen (secondary N) is 1. The number of hydrogen-bond acceptors (Lipinski definition) is 4. The van der Waals surface area contributed by atoms with Crippen LogP contribution in [-0.2, 0) is 13.1 Å². The molecular formula is C14H23N3S. The number of thiazole rings is 1. The van der Waals surface area contributed by atoms with Gasteiger partial charge in [0.05, 0.1) is 5.69 Å². The summed E-state index contributed by atoms with van der Waals surface area (Å²) >= 11 is 1.80. The lowest BCUT2D eigenvalue weighted by atomic mass is 10.3. The lowest BCUT2D eigenvalue weighted by Gasteiger charge is -2.14. The molecular weight excluding hydrogens is 242 g/mol. The number of hydrogen-bond donors (Lipinski definition) is 1. The summed E-state index contributed by atoms with van der Waals surface area (Å²) in [6.07, 6.45) is 4.11. The van der Waals surface area contributed by atoms with Gasteiger partial charge in [-0.3, -0.25) is 0 Å². The summed E-state index contributed by atoms with van der Waals surface area (Å²) in [7, 11) is 2.21. The molecule has 1 heterocycles. The first-order valence-electron chi connectivity index (χ1n) is 7.06. The molecule has 2 atom stereocenters. The van der Waals surface area contributed by atoms with Crippen molar-refractivity contribution in [2.45, 2.75) is 45.3 Å². The molecule has 18 heavy (non-hydrogen) atoms. The van der Waals surface area contributed by atoms with Gasteiger partial charge >= 0.3 is 0 Å². The maximum atomic E-state index is 4.71. The van der Waals surface area contributed by atoms with Gasteiger partial charge in [0.1, 0.15) is 5.01 Å². The average Bonchev–Trinajstić information content (AvgIpc) is 3.22. The third kappa shape index (κ3) is 3.53. The minimum absolute atomic E-state index is 0.774. The van der Waals surface area contributed by atoms with Crippen molar-refractivity contribution in [2.24, 2.45) is 11.8 Å². The molecule has 3 rings (SSSR count). The van der Waals surface area contributed by atoms with Crippen molar-refractivity contribution in [2.75, 3.05) is 13.6 Å². The summed E-state index contributed by atoms with van der Waals surface area (Å²) in [6, 6.07) is 0.774. The zero-order chi connectivity index (χ0) is 12.5. The number of aromatic nitrogens is 1. The minimum Gasteiger partial charge on any atom is -0.308 e. The predicted octanol–water partition coefficient (Wildman–Crippen LogP) is 2.48. The molecule has 2 fully saturated rings. The van der Waals surface area contributed by atoms with E-state index < -0.39 is 0 Å². The fourth-order valence-electron chi connectivity index (χ4n) is 2.42. The van der Waals surface area contributed by atoms with Gasteiger partial charge in [0.2, 0.25) is 0 Å². The molecule has 0 saturated heterocycles. The van der Waals surface area contributed by atoms with Crippen LogP contribution in [0.25, 0.3) is 0 Å². The Hall–Kier alpha value is -0.450. The van der Waals surface area contributed by atoms with Gasteiger partial charge < -0.3 is 10.2 Å². The van der Waals surface area contributed by atoms with Crippen LogP contribution in [0.15, 0.2) is 5.38 Å². The maximum Gasteiger partial charge on any atom is 0.107 e. The Kier molecular flexibility index (Phi) is 3.68. The average molecular weight is 265 g/mol. The Balaban J connectivity index is 1.43. The van der Waals surface area contributed by atoms with E-state index in [4.69, 9.17) is 4.98 Å². The fraction of sp³-hybridized carbons (Fsp3) is 0.786. The van der Waals surface area contributed by atoms with Gasteiger partial charge in [-0.15, -0.1) is 11.3 Å². The molecule has 2 saturated carbocycles. The predicted molar refractivity (Wildman–Crippen MR) is 75.6 cm³/mol. The van der Waals surface area contributed by atoms with Crippen LogP contribution in [-0.4, -0.2) is 29.5 Å². The van der Waals surface area contributed by atoms with E-state index in [-0.39, 0.29) is 0 Å². The number of rotatable bonds is 7. The van der Waals surface area contributed by atoms with Crippen LogP contribution < -0.4 is 5.32 Å². The molecule has 0 aromatic carbocycles. The highest BCUT2D eigenvalue weighted by molar-refractivity contribution is 7.09. The summed E-state index contributed by atoms with van der Waals surface area (Å²) in [5.41, 5.74) is 1.24. The molecule has 0 aliphatic heterocycles. The van der Waals surface area contributed by atoms with Gasteiger partial charge in [0, 0.05) is 31.1 Å². The van der Waals surface area contributed by atoms with E-state index in [9.17, 15) is 0 Å². The summed E-state index contributed by atoms with van der Waals surface area (Å²) in [4.78, 5) is 7.13. The Morgan fingerprint density at radius 3 is 2.94 bits per heavy atom. The van der Waals surface area contributed by atoms with Crippen LogP contribution in [0.4, 0.5) is 0 Å². The first-order chi connectivity index (χ1) is 8.70. The highest BCUT2D eigenvalue weighted by Gasteiger charge is 2.33. The molecule has 1 aromatic rings. The molecule has 2 unspecified atom stereocenters. The normalized spacial score (nSPS) is 26.8. The van der Waals surface area contributed by atoms with Crippen LogP contribution in [0.5, 0.6) is 0 Å². The van der Waals surface area contributed by atoms with Gasteiger partial charge in [-0.25, -0.2) is 4.98 Å². The second-order valence-corrected chi connectivity index (χ2v) is 7.00. The zero-order valence-electron chi connectivity index (χ0n) is 11.4. The van der Waals surface area contributed by atoms with E-state index in [2.05, 4.69) is 29.6 Å². The molecule has 2 aliphatic rings. The standard InChI is InChI=1S/C14H23N3S/c1-10-5-11(10)7-17(2)8-13-9-18-14(16-13)6-15-12-3-4-12/h9-12,15H,3-8H2,1-2H3. The molecule has 1 N–H and O–H groups in total. The molecule has 0 bridgehead atoms. The lowest BCUT2D eigenvalue weighted by molar-refractivity contribution is 0.304. The smallest absolute Gasteiger partial charge is 0.107 e. The van der Waals surface area contributed by atoms with E-state index in [0.717, 1.165) is 31.0 Å². The monoisotopic (exact) mass is 265 g/mol. The van der Waals surface area contributed by atoms with E-state index in [1.807, 2.05) is 0 Å². The highest BCUT2D eigenvalue weighted by atomic mass is 32.1. The van der Waals surface area contributed by atoms with Crippen molar-refractivity contribution in [3.8, 4) is 0 Å². The van der Waals surface area contributed by atoms with Crippen molar-refractivity contribution in [3.05, 3.63) is 16.1 Å². The minimum atomic E-state index is 0.774. The molecule has 0 radical (unpaired) electrons. The summed E-state index contributed by atoms with van der Waals surface area (Å²) < 4.78 is 0. The van der Waals surface area contributed by atoms with Gasteiger partial charge in [-0.1, -0.05) is 6.92 Å². The van der Waals surface area contributed by atoms with Crippen LogP contribution >= 0.6 is 11.3 Å². The third-order valence-corrected chi connectivity index (χ3v) is 4.87. The van der Waals surface area contributed by atoms with Crippen molar-refractivity contribution >= 4 is 11.3 Å². The SMILES string of the molecule is CC1CC1CN(C)Cc1csc(CNC2CC2)n1. The lowest BCUT2D eigenvalue weighted by Crippen LogP contribution is -2.21. The van der Waals surface area contributed by atoms with Crippen LogP contribution in [0.1, 0.15) is 36.9 Å². The van der Waals surface area contributed by atoms with Crippen molar-refractivity contribution in [1.29, 1.82) is 0 Å². The van der Waals surface area contributed by atoms with E-state index in [1.54, 1.807) is 11.3 Å². The largest absolute Gasteiger partial charge is 0.308 e. The topological polar surface area (TPSA) is 28.2 Å². The maximum absolute atomic E-state index is 4.71. The Bertz CT molecular complexity index is 399. The van der Waals surface area contributed by atoms with Crippen molar-refractivity contribution < 1.29 is 0 Å². The van der Waals surface area contributed by atoms with E-state index >= 15 is 0 Å². The highest BCUT2D eigenvalue weighted by Crippen LogP contribution is 2.38. The van der Waals surface area contributed by atoms with Crippen LogP contribution in [0.3, 0.4) is 0 Å². The summed E-state index contributed by atoms with van der Waals surface area (Å²) in [5, 5.41) is 6.98. The zero-order valence-corrected chi connectivity index (χ0v) is 12.2. The van der Waals surface area contributed by atoms with Crippen LogP contribution in [0.2, 0.25) is 0 Å². The molecule has 3 nitrogen and oxygen atoms in total. The Labute approximate surface area is 114 Å². The first-order valence-corrected chi connectivity index (χ1v) is 7.94. The van der Waals surface area contributed by atoms with E-state index in [1.165, 1.54) is 36.5 Å². The quantitative estimate of drug-likeness (QED) is 0.821. The first kappa shape index (κ1) is 12.6. The Morgan fingerprint density at radius 2 is 2.28 bits per heavy atom.